The Kier molecular flexibility index (Phi) is 8.12. The fourth-order valence-electron chi connectivity index (χ4n) is 4.44. The number of halogens is 4. The van der Waals surface area contributed by atoms with Gasteiger partial charge in [-0.25, -0.2) is 4.39 Å². The van der Waals surface area contributed by atoms with Gasteiger partial charge in [0, 0.05) is 18.2 Å². The summed E-state index contributed by atoms with van der Waals surface area (Å²) in [5.41, 5.74) is -0.0418. The molecule has 0 bridgehead atoms. The van der Waals surface area contributed by atoms with Crippen molar-refractivity contribution in [2.75, 3.05) is 26.2 Å². The van der Waals surface area contributed by atoms with Crippen LogP contribution in [0.5, 0.6) is 5.75 Å². The van der Waals surface area contributed by atoms with Gasteiger partial charge in [0.25, 0.3) is 0 Å². The van der Waals surface area contributed by atoms with Gasteiger partial charge < -0.3 is 10.1 Å². The van der Waals surface area contributed by atoms with Gasteiger partial charge in [-0.1, -0.05) is 37.3 Å². The first-order valence-electron chi connectivity index (χ1n) is 12.1. The van der Waals surface area contributed by atoms with E-state index in [0.717, 1.165) is 11.6 Å². The Hall–Kier alpha value is -3.46. The average molecular weight is 516 g/mol. The number of alkyl halides is 3. The molecule has 1 amide bonds. The highest BCUT2D eigenvalue weighted by atomic mass is 19.4. The fraction of sp³-hybridized carbons (Fsp3) is 0.357. The molecular formula is C28H29F4N3O2. The number of likely N-dealkylation sites (tertiary alicyclic amines) is 1. The van der Waals surface area contributed by atoms with E-state index in [1.807, 2.05) is 19.1 Å². The summed E-state index contributed by atoms with van der Waals surface area (Å²) in [6.07, 6.45) is -1.67. The third-order valence-electron chi connectivity index (χ3n) is 6.83. The molecule has 0 aliphatic carbocycles. The first-order chi connectivity index (χ1) is 17.7. The van der Waals surface area contributed by atoms with Crippen LogP contribution in [0.15, 0.2) is 72.9 Å². The molecule has 1 aromatic heterocycles. The maximum Gasteiger partial charge on any atom is 0.419 e. The molecule has 0 radical (unpaired) electrons. The number of benzene rings is 2. The Morgan fingerprint density at radius 3 is 2.38 bits per heavy atom. The van der Waals surface area contributed by atoms with Crippen molar-refractivity contribution in [2.24, 2.45) is 5.41 Å². The number of hydrogen-bond donors (Lipinski definition) is 1. The summed E-state index contributed by atoms with van der Waals surface area (Å²) in [5, 5.41) is 3.11. The molecule has 0 spiro atoms. The summed E-state index contributed by atoms with van der Waals surface area (Å²) in [7, 11) is 0. The maximum atomic E-state index is 13.5. The zero-order chi connectivity index (χ0) is 26.5. The van der Waals surface area contributed by atoms with Crippen LogP contribution in [-0.4, -0.2) is 42.0 Å². The normalized spacial score (nSPS) is 16.7. The molecule has 1 fully saturated rings. The molecule has 1 aliphatic heterocycles. The van der Waals surface area contributed by atoms with Crippen LogP contribution < -0.4 is 10.1 Å². The minimum absolute atomic E-state index is 0.113. The van der Waals surface area contributed by atoms with Crippen LogP contribution >= 0.6 is 0 Å². The SMILES string of the molecule is CC1(C(=O)N[C@@H](c2ccc(F)cc2)c2ccccn2)CCN(CCOc2ccccc2C(F)(F)F)CC1. The predicted octanol–water partition coefficient (Wildman–Crippen LogP) is 5.63. The third kappa shape index (κ3) is 6.65. The summed E-state index contributed by atoms with van der Waals surface area (Å²) in [5.74, 6) is -0.667. The Bertz CT molecular complexity index is 1180. The van der Waals surface area contributed by atoms with E-state index in [0.29, 0.717) is 38.2 Å². The van der Waals surface area contributed by atoms with Crippen molar-refractivity contribution < 1.29 is 27.1 Å². The summed E-state index contributed by atoms with van der Waals surface area (Å²) in [4.78, 5) is 19.9. The van der Waals surface area contributed by atoms with Crippen LogP contribution in [-0.2, 0) is 11.0 Å². The number of nitrogens with zero attached hydrogens (tertiary/aromatic N) is 2. The molecule has 9 heteroatoms. The van der Waals surface area contributed by atoms with Crippen LogP contribution in [0.25, 0.3) is 0 Å². The molecule has 37 heavy (non-hydrogen) atoms. The van der Waals surface area contributed by atoms with Crippen molar-refractivity contribution in [3.63, 3.8) is 0 Å². The van der Waals surface area contributed by atoms with Gasteiger partial charge in [-0.05, 0) is 67.9 Å². The smallest absolute Gasteiger partial charge is 0.419 e. The van der Waals surface area contributed by atoms with Gasteiger partial charge in [-0.2, -0.15) is 13.2 Å². The van der Waals surface area contributed by atoms with Gasteiger partial charge in [-0.3, -0.25) is 14.7 Å². The highest BCUT2D eigenvalue weighted by Crippen LogP contribution is 2.36. The van der Waals surface area contributed by atoms with Crippen LogP contribution in [0.4, 0.5) is 17.6 Å². The van der Waals surface area contributed by atoms with Crippen LogP contribution in [0, 0.1) is 11.2 Å². The van der Waals surface area contributed by atoms with Gasteiger partial charge >= 0.3 is 6.18 Å². The van der Waals surface area contributed by atoms with Crippen molar-refractivity contribution in [3.05, 3.63) is 95.6 Å². The van der Waals surface area contributed by atoms with Crippen molar-refractivity contribution in [2.45, 2.75) is 32.0 Å². The van der Waals surface area contributed by atoms with Crippen molar-refractivity contribution in [3.8, 4) is 5.75 Å². The second-order valence-electron chi connectivity index (χ2n) is 9.46. The molecular weight excluding hydrogens is 486 g/mol. The molecule has 3 aromatic rings. The Morgan fingerprint density at radius 2 is 1.73 bits per heavy atom. The van der Waals surface area contributed by atoms with E-state index < -0.39 is 23.2 Å². The standard InChI is InChI=1S/C28H29F4N3O2/c1-27(26(36)34-25(23-7-4-5-15-33-23)20-9-11-21(29)12-10-20)13-16-35(17-14-27)18-19-37-24-8-3-2-6-22(24)28(30,31)32/h2-12,15,25H,13-14,16-19H2,1H3,(H,34,36)/t25-/m0/s1. The molecule has 4 rings (SSSR count). The molecule has 2 heterocycles. The molecule has 2 aromatic carbocycles. The lowest BCUT2D eigenvalue weighted by Crippen LogP contribution is -2.48. The number of aromatic nitrogens is 1. The first-order valence-corrected chi connectivity index (χ1v) is 12.1. The number of nitrogens with one attached hydrogen (secondary N) is 1. The Labute approximate surface area is 213 Å². The summed E-state index contributed by atoms with van der Waals surface area (Å²) in [6.45, 7) is 3.70. The highest BCUT2D eigenvalue weighted by Gasteiger charge is 2.38. The second kappa shape index (κ2) is 11.3. The lowest BCUT2D eigenvalue weighted by molar-refractivity contribution is -0.139. The van der Waals surface area contributed by atoms with E-state index in [1.54, 1.807) is 24.4 Å². The van der Waals surface area contributed by atoms with Crippen molar-refractivity contribution >= 4 is 5.91 Å². The van der Waals surface area contributed by atoms with E-state index in [4.69, 9.17) is 4.74 Å². The number of piperidine rings is 1. The second-order valence-corrected chi connectivity index (χ2v) is 9.46. The highest BCUT2D eigenvalue weighted by molar-refractivity contribution is 5.83. The first kappa shape index (κ1) is 26.6. The quantitative estimate of drug-likeness (QED) is 0.396. The van der Waals surface area contributed by atoms with E-state index in [2.05, 4.69) is 15.2 Å². The zero-order valence-electron chi connectivity index (χ0n) is 20.5. The minimum Gasteiger partial charge on any atom is -0.492 e. The average Bonchev–Trinajstić information content (AvgIpc) is 2.89. The summed E-state index contributed by atoms with van der Waals surface area (Å²) >= 11 is 0. The number of carbonyl (C=O) groups is 1. The molecule has 0 saturated carbocycles. The van der Waals surface area contributed by atoms with Crippen molar-refractivity contribution in [1.29, 1.82) is 0 Å². The van der Waals surface area contributed by atoms with E-state index in [1.165, 1.54) is 30.3 Å². The van der Waals surface area contributed by atoms with Gasteiger partial charge in [0.15, 0.2) is 0 Å². The largest absolute Gasteiger partial charge is 0.492 e. The predicted molar refractivity (Wildman–Crippen MR) is 131 cm³/mol. The maximum absolute atomic E-state index is 13.5. The van der Waals surface area contributed by atoms with E-state index in [9.17, 15) is 22.4 Å². The molecule has 1 saturated heterocycles. The van der Waals surface area contributed by atoms with Crippen LogP contribution in [0.3, 0.4) is 0 Å². The van der Waals surface area contributed by atoms with Gasteiger partial charge in [-0.15, -0.1) is 0 Å². The minimum atomic E-state index is -4.47. The van der Waals surface area contributed by atoms with Gasteiger partial charge in [0.05, 0.1) is 17.3 Å². The summed E-state index contributed by atoms with van der Waals surface area (Å²) < 4.78 is 58.4. The monoisotopic (exact) mass is 515 g/mol. The molecule has 1 N–H and O–H groups in total. The van der Waals surface area contributed by atoms with Crippen LogP contribution in [0.2, 0.25) is 0 Å². The van der Waals surface area contributed by atoms with Gasteiger partial charge in [0.1, 0.15) is 18.2 Å². The molecule has 5 nitrogen and oxygen atoms in total. The lowest BCUT2D eigenvalue weighted by Gasteiger charge is -2.39. The number of hydrogen-bond acceptors (Lipinski definition) is 4. The summed E-state index contributed by atoms with van der Waals surface area (Å²) in [6, 6.07) is 16.1. The molecule has 196 valence electrons. The number of amides is 1. The third-order valence-corrected chi connectivity index (χ3v) is 6.83. The topological polar surface area (TPSA) is 54.5 Å². The number of rotatable bonds is 8. The Balaban J connectivity index is 1.34. The Morgan fingerprint density at radius 1 is 1.05 bits per heavy atom. The molecule has 1 atom stereocenters. The molecule has 0 unspecified atom stereocenters. The number of pyridine rings is 1. The number of para-hydroxylation sites is 1. The van der Waals surface area contributed by atoms with Crippen molar-refractivity contribution in [1.82, 2.24) is 15.2 Å². The number of ether oxygens (including phenoxy) is 1. The number of carbonyl (C=O) groups excluding carboxylic acids is 1. The fourth-order valence-corrected chi connectivity index (χ4v) is 4.44. The zero-order valence-corrected chi connectivity index (χ0v) is 20.5. The van der Waals surface area contributed by atoms with E-state index >= 15 is 0 Å². The van der Waals surface area contributed by atoms with Gasteiger partial charge in [0.2, 0.25) is 5.91 Å². The van der Waals surface area contributed by atoms with E-state index in [-0.39, 0.29) is 24.1 Å². The molecule has 1 aliphatic rings. The van der Waals surface area contributed by atoms with Crippen LogP contribution in [0.1, 0.15) is 42.6 Å². The lowest BCUT2D eigenvalue weighted by atomic mass is 9.79.